The molecule has 3 amide bonds. The first-order chi connectivity index (χ1) is 17.1. The number of urea groups is 1. The number of nitrogens with zero attached hydrogens (tertiary/aromatic N) is 2. The fourth-order valence-electron chi connectivity index (χ4n) is 5.53. The topological polar surface area (TPSA) is 85.9 Å². The van der Waals surface area contributed by atoms with Crippen molar-refractivity contribution in [1.29, 1.82) is 0 Å². The van der Waals surface area contributed by atoms with Crippen LogP contribution in [0.15, 0.2) is 65.2 Å². The van der Waals surface area contributed by atoms with E-state index in [4.69, 9.17) is 4.74 Å². The summed E-state index contributed by atoms with van der Waals surface area (Å²) in [4.78, 5) is 31.2. The van der Waals surface area contributed by atoms with E-state index in [1.807, 2.05) is 59.5 Å². The molecule has 3 unspecified atom stereocenters. The average Bonchev–Trinajstić information content (AvgIpc) is 3.44. The third-order valence-electron chi connectivity index (χ3n) is 7.17. The van der Waals surface area contributed by atoms with E-state index in [-0.39, 0.29) is 35.3 Å². The van der Waals surface area contributed by atoms with E-state index in [2.05, 4.69) is 27.9 Å². The third-order valence-corrected chi connectivity index (χ3v) is 8.52. The Morgan fingerprint density at radius 2 is 1.86 bits per heavy atom. The Bertz CT molecular complexity index is 1160. The second kappa shape index (κ2) is 9.22. The van der Waals surface area contributed by atoms with Gasteiger partial charge in [0.05, 0.1) is 16.3 Å². The molecule has 4 atom stereocenters. The van der Waals surface area contributed by atoms with Gasteiger partial charge in [0.25, 0.3) is 5.91 Å². The van der Waals surface area contributed by atoms with Gasteiger partial charge in [0.2, 0.25) is 0 Å². The maximum atomic E-state index is 13.4. The van der Waals surface area contributed by atoms with Crippen LogP contribution in [-0.2, 0) is 4.79 Å². The highest BCUT2D eigenvalue weighted by Gasteiger charge is 2.51. The highest BCUT2D eigenvalue weighted by Crippen LogP contribution is 2.48. The molecule has 3 N–H and O–H groups in total. The van der Waals surface area contributed by atoms with Gasteiger partial charge in [0.1, 0.15) is 11.5 Å². The molecule has 2 aromatic rings. The Kier molecular flexibility index (Phi) is 5.91. The number of likely N-dealkylation sites (tertiary alicyclic amines) is 1. The molecule has 3 saturated heterocycles. The lowest BCUT2D eigenvalue weighted by Gasteiger charge is -2.45. The van der Waals surface area contributed by atoms with Gasteiger partial charge >= 0.3 is 6.03 Å². The highest BCUT2D eigenvalue weighted by atomic mass is 32.2. The van der Waals surface area contributed by atoms with Gasteiger partial charge in [-0.15, -0.1) is 0 Å². The number of carbonyl (C=O) groups is 2. The molecular weight excluding hydrogens is 462 g/mol. The minimum absolute atomic E-state index is 0.0127. The van der Waals surface area contributed by atoms with Crippen molar-refractivity contribution in [2.24, 2.45) is 5.92 Å². The third kappa shape index (κ3) is 4.28. The molecule has 8 nitrogen and oxygen atoms in total. The highest BCUT2D eigenvalue weighted by molar-refractivity contribution is 8.04. The van der Waals surface area contributed by atoms with Crippen molar-refractivity contribution in [3.05, 3.63) is 65.2 Å². The lowest BCUT2D eigenvalue weighted by Crippen LogP contribution is -2.62. The number of rotatable bonds is 5. The van der Waals surface area contributed by atoms with Crippen LogP contribution in [0.1, 0.15) is 12.8 Å². The Balaban J connectivity index is 1.22. The Labute approximate surface area is 209 Å². The molecule has 3 fully saturated rings. The molecule has 0 spiro atoms. The lowest BCUT2D eigenvalue weighted by molar-refractivity contribution is -0.117. The number of para-hydroxylation sites is 1. The second-order valence-corrected chi connectivity index (χ2v) is 10.7. The van der Waals surface area contributed by atoms with Crippen LogP contribution < -0.4 is 25.6 Å². The van der Waals surface area contributed by atoms with Gasteiger partial charge < -0.3 is 25.6 Å². The zero-order valence-electron chi connectivity index (χ0n) is 19.6. The number of hydrogen-bond acceptors (Lipinski definition) is 6. The van der Waals surface area contributed by atoms with Gasteiger partial charge in [-0.3, -0.25) is 9.69 Å². The van der Waals surface area contributed by atoms with E-state index >= 15 is 0 Å². The quantitative estimate of drug-likeness (QED) is 0.596. The summed E-state index contributed by atoms with van der Waals surface area (Å²) >= 11 is 1.55. The maximum absolute atomic E-state index is 13.4. The minimum Gasteiger partial charge on any atom is -0.457 e. The molecule has 0 aromatic heterocycles. The number of amides is 3. The molecule has 182 valence electrons. The number of piperidine rings is 1. The van der Waals surface area contributed by atoms with E-state index in [0.29, 0.717) is 10.7 Å². The van der Waals surface area contributed by atoms with Crippen molar-refractivity contribution in [3.63, 3.8) is 0 Å². The Hall–Kier alpha value is -3.01. The van der Waals surface area contributed by atoms with Crippen LogP contribution in [0, 0.1) is 5.92 Å². The zero-order valence-corrected chi connectivity index (χ0v) is 20.4. The number of anilines is 1. The molecule has 35 heavy (non-hydrogen) atoms. The summed E-state index contributed by atoms with van der Waals surface area (Å²) in [6.45, 7) is 2.64. The van der Waals surface area contributed by atoms with E-state index < -0.39 is 0 Å². The molecule has 4 heterocycles. The molecule has 2 aromatic carbocycles. The molecule has 4 aliphatic rings. The summed E-state index contributed by atoms with van der Waals surface area (Å²) in [6, 6.07) is 17.2. The van der Waals surface area contributed by atoms with Gasteiger partial charge in [0.15, 0.2) is 0 Å². The average molecular weight is 492 g/mol. The number of hydrogen-bond donors (Lipinski definition) is 3. The number of ether oxygens (including phenoxy) is 1. The normalized spacial score (nSPS) is 28.0. The van der Waals surface area contributed by atoms with Crippen molar-refractivity contribution in [3.8, 4) is 11.5 Å². The number of carbonyl (C=O) groups excluding carboxylic acids is 2. The van der Waals surface area contributed by atoms with Crippen LogP contribution in [0.2, 0.25) is 0 Å². The molecule has 9 heteroatoms. The molecule has 0 bridgehead atoms. The van der Waals surface area contributed by atoms with E-state index in [0.717, 1.165) is 49.6 Å². The molecule has 0 radical (unpaired) electrons. The van der Waals surface area contributed by atoms with Crippen molar-refractivity contribution in [2.45, 2.75) is 30.3 Å². The first-order valence-corrected chi connectivity index (χ1v) is 13.0. The van der Waals surface area contributed by atoms with E-state index in [9.17, 15) is 9.59 Å². The van der Waals surface area contributed by atoms with Gasteiger partial charge in [0, 0.05) is 29.9 Å². The molecule has 0 saturated carbocycles. The number of likely N-dealkylation sites (N-methyl/N-ethyl adjacent to an activating group) is 1. The van der Waals surface area contributed by atoms with Crippen molar-refractivity contribution in [1.82, 2.24) is 20.9 Å². The first kappa shape index (κ1) is 22.5. The monoisotopic (exact) mass is 491 g/mol. The van der Waals surface area contributed by atoms with Crippen LogP contribution in [-0.4, -0.2) is 61.0 Å². The fourth-order valence-corrected chi connectivity index (χ4v) is 6.93. The molecule has 0 aliphatic carbocycles. The summed E-state index contributed by atoms with van der Waals surface area (Å²) < 4.78 is 5.91. The van der Waals surface area contributed by atoms with Crippen LogP contribution in [0.3, 0.4) is 0 Å². The Morgan fingerprint density at radius 1 is 1.09 bits per heavy atom. The summed E-state index contributed by atoms with van der Waals surface area (Å²) in [7, 11) is 2.07. The van der Waals surface area contributed by atoms with Gasteiger partial charge in [-0.05, 0) is 69.4 Å². The van der Waals surface area contributed by atoms with Crippen molar-refractivity contribution in [2.75, 3.05) is 31.6 Å². The van der Waals surface area contributed by atoms with Crippen LogP contribution >= 0.6 is 11.8 Å². The summed E-state index contributed by atoms with van der Waals surface area (Å²) in [5.41, 5.74) is 1.59. The fraction of sp³-hybridized carbons (Fsp3) is 0.385. The SMILES string of the molecule is CN1CC[C@@H](NC(=O)C2=C3NC(=O)N(c4ccc(Oc5ccccc5)cc4)C4CCNC(S2)C34)C1. The summed E-state index contributed by atoms with van der Waals surface area (Å²) in [5, 5.41) is 9.88. The molecular formula is C26H29N5O3S. The van der Waals surface area contributed by atoms with Crippen molar-refractivity contribution < 1.29 is 14.3 Å². The Morgan fingerprint density at radius 3 is 2.60 bits per heavy atom. The smallest absolute Gasteiger partial charge is 0.326 e. The van der Waals surface area contributed by atoms with Gasteiger partial charge in [-0.2, -0.15) is 0 Å². The predicted molar refractivity (Wildman–Crippen MR) is 136 cm³/mol. The van der Waals surface area contributed by atoms with Gasteiger partial charge in [-0.1, -0.05) is 30.0 Å². The maximum Gasteiger partial charge on any atom is 0.326 e. The van der Waals surface area contributed by atoms with Gasteiger partial charge in [-0.25, -0.2) is 4.79 Å². The minimum atomic E-state index is -0.188. The van der Waals surface area contributed by atoms with Crippen molar-refractivity contribution >= 4 is 29.4 Å². The first-order valence-electron chi connectivity index (χ1n) is 12.1. The molecule has 4 aliphatic heterocycles. The number of benzene rings is 2. The van der Waals surface area contributed by atoms with Crippen LogP contribution in [0.4, 0.5) is 10.5 Å². The number of thioether (sulfide) groups is 1. The summed E-state index contributed by atoms with van der Waals surface area (Å²) in [6.07, 6.45) is 1.77. The van der Waals surface area contributed by atoms with Crippen LogP contribution in [0.5, 0.6) is 11.5 Å². The number of nitrogens with one attached hydrogen (secondary N) is 3. The van der Waals surface area contributed by atoms with Crippen LogP contribution in [0.25, 0.3) is 0 Å². The standard InChI is InChI=1S/C26H29N5O3S/c1-30-14-12-16(15-30)28-24(32)23-22-21-20(11-13-27-25(21)35-23)31(26(33)29-22)17-7-9-19(10-8-17)34-18-5-3-2-4-6-18/h2-10,16,20-21,25,27H,11-15H2,1H3,(H,28,32)(H,29,33)/t16-,20?,21?,25?/m1/s1. The predicted octanol–water partition coefficient (Wildman–Crippen LogP) is 3.09. The van der Waals surface area contributed by atoms with E-state index in [1.165, 1.54) is 0 Å². The largest absolute Gasteiger partial charge is 0.457 e. The zero-order chi connectivity index (χ0) is 23.9. The van der Waals surface area contributed by atoms with E-state index in [1.54, 1.807) is 11.8 Å². The summed E-state index contributed by atoms with van der Waals surface area (Å²) in [5.74, 6) is 1.45. The second-order valence-electron chi connectivity index (χ2n) is 9.55. The molecule has 6 rings (SSSR count). The lowest BCUT2D eigenvalue weighted by atomic mass is 9.86.